The molecule has 146 valence electrons. The highest BCUT2D eigenvalue weighted by Gasteiger charge is 2.17. The summed E-state index contributed by atoms with van der Waals surface area (Å²) in [4.78, 5) is 14.5. The summed E-state index contributed by atoms with van der Waals surface area (Å²) in [5.74, 6) is 0. The Balaban J connectivity index is 1.33. The number of nitrogens with one attached hydrogen (secondary N) is 2. The van der Waals surface area contributed by atoms with Crippen molar-refractivity contribution >= 4 is 6.03 Å². The molecule has 2 aromatic rings. The molecule has 1 aromatic carbocycles. The summed E-state index contributed by atoms with van der Waals surface area (Å²) < 4.78 is 1.81. The predicted molar refractivity (Wildman–Crippen MR) is 108 cm³/mol. The van der Waals surface area contributed by atoms with E-state index in [4.69, 9.17) is 0 Å². The van der Waals surface area contributed by atoms with Crippen LogP contribution in [0.15, 0.2) is 42.7 Å². The summed E-state index contributed by atoms with van der Waals surface area (Å²) in [7, 11) is 2.21. The van der Waals surface area contributed by atoms with Crippen LogP contribution in [-0.2, 0) is 6.54 Å². The first-order chi connectivity index (χ1) is 13.2. The molecule has 6 heteroatoms. The van der Waals surface area contributed by atoms with Gasteiger partial charge in [-0.2, -0.15) is 5.10 Å². The van der Waals surface area contributed by atoms with Crippen molar-refractivity contribution in [3.63, 3.8) is 0 Å². The molecule has 27 heavy (non-hydrogen) atoms. The third kappa shape index (κ3) is 6.10. The zero-order chi connectivity index (χ0) is 18.9. The summed E-state index contributed by atoms with van der Waals surface area (Å²) >= 11 is 0. The lowest BCUT2D eigenvalue weighted by Gasteiger charge is -2.31. The number of benzene rings is 1. The van der Waals surface area contributed by atoms with Crippen molar-refractivity contribution in [3.8, 4) is 5.69 Å². The number of hydrogen-bond acceptors (Lipinski definition) is 3. The maximum atomic E-state index is 12.0. The van der Waals surface area contributed by atoms with Gasteiger partial charge in [0.1, 0.15) is 0 Å². The minimum Gasteiger partial charge on any atom is -0.338 e. The van der Waals surface area contributed by atoms with E-state index in [0.717, 1.165) is 30.3 Å². The number of urea groups is 1. The van der Waals surface area contributed by atoms with Gasteiger partial charge in [0.05, 0.1) is 5.69 Å². The van der Waals surface area contributed by atoms with Crippen molar-refractivity contribution in [3.05, 3.63) is 48.3 Å². The molecule has 0 aliphatic heterocycles. The summed E-state index contributed by atoms with van der Waals surface area (Å²) in [5, 5.41) is 10.1. The van der Waals surface area contributed by atoms with Crippen LogP contribution in [0, 0.1) is 0 Å². The summed E-state index contributed by atoms with van der Waals surface area (Å²) in [6, 6.07) is 10.5. The van der Waals surface area contributed by atoms with Crippen molar-refractivity contribution in [1.29, 1.82) is 0 Å². The van der Waals surface area contributed by atoms with E-state index >= 15 is 0 Å². The standard InChI is InChI=1S/C21H31N5O/c1-25(19-9-3-2-4-10-19)14-6-12-22-21(27)23-17-18-8-5-11-20(16-18)26-15-7-13-24-26/h5,7-8,11,13,15-16,19H,2-4,6,9-10,12,14,17H2,1H3,(H2,22,23,27). The summed E-state index contributed by atoms with van der Waals surface area (Å²) in [6.07, 6.45) is 11.4. The monoisotopic (exact) mass is 369 g/mol. The zero-order valence-corrected chi connectivity index (χ0v) is 16.2. The first-order valence-electron chi connectivity index (χ1n) is 10.0. The average molecular weight is 370 g/mol. The maximum absolute atomic E-state index is 12.0. The molecule has 1 aromatic heterocycles. The van der Waals surface area contributed by atoms with E-state index in [1.165, 1.54) is 32.1 Å². The van der Waals surface area contributed by atoms with Gasteiger partial charge in [-0.15, -0.1) is 0 Å². The lowest BCUT2D eigenvalue weighted by molar-refractivity contribution is 0.189. The number of hydrogen-bond donors (Lipinski definition) is 2. The second kappa shape index (κ2) is 10.1. The quantitative estimate of drug-likeness (QED) is 0.702. The molecular weight excluding hydrogens is 338 g/mol. The lowest BCUT2D eigenvalue weighted by Crippen LogP contribution is -2.38. The van der Waals surface area contributed by atoms with Gasteiger partial charge in [0, 0.05) is 31.5 Å². The molecule has 0 unspecified atom stereocenters. The normalized spacial score (nSPS) is 15.0. The van der Waals surface area contributed by atoms with Gasteiger partial charge in [-0.1, -0.05) is 31.4 Å². The van der Waals surface area contributed by atoms with Gasteiger partial charge in [0.15, 0.2) is 0 Å². The van der Waals surface area contributed by atoms with E-state index in [-0.39, 0.29) is 6.03 Å². The second-order valence-corrected chi connectivity index (χ2v) is 7.36. The Kier molecular flexibility index (Phi) is 7.27. The van der Waals surface area contributed by atoms with E-state index in [1.807, 2.05) is 41.2 Å². The average Bonchev–Trinajstić information content (AvgIpc) is 3.25. The van der Waals surface area contributed by atoms with Crippen molar-refractivity contribution in [2.45, 2.75) is 51.1 Å². The highest BCUT2D eigenvalue weighted by molar-refractivity contribution is 5.73. The maximum Gasteiger partial charge on any atom is 0.315 e. The molecule has 1 aliphatic rings. The number of carbonyl (C=O) groups is 1. The van der Waals surface area contributed by atoms with Crippen LogP contribution < -0.4 is 10.6 Å². The van der Waals surface area contributed by atoms with Gasteiger partial charge in [0.25, 0.3) is 0 Å². The van der Waals surface area contributed by atoms with Gasteiger partial charge < -0.3 is 15.5 Å². The number of nitrogens with zero attached hydrogens (tertiary/aromatic N) is 3. The smallest absolute Gasteiger partial charge is 0.315 e. The van der Waals surface area contributed by atoms with Crippen molar-refractivity contribution in [2.24, 2.45) is 0 Å². The Hall–Kier alpha value is -2.34. The van der Waals surface area contributed by atoms with Crippen LogP contribution in [0.3, 0.4) is 0 Å². The lowest BCUT2D eigenvalue weighted by atomic mass is 9.94. The van der Waals surface area contributed by atoms with Gasteiger partial charge >= 0.3 is 6.03 Å². The molecule has 1 saturated carbocycles. The Bertz CT molecular complexity index is 694. The number of carbonyl (C=O) groups excluding carboxylic acids is 1. The Morgan fingerprint density at radius 3 is 2.85 bits per heavy atom. The first-order valence-corrected chi connectivity index (χ1v) is 10.0. The Morgan fingerprint density at radius 2 is 2.07 bits per heavy atom. The first kappa shape index (κ1) is 19.4. The highest BCUT2D eigenvalue weighted by Crippen LogP contribution is 2.21. The van der Waals surface area contributed by atoms with Crippen LogP contribution in [0.2, 0.25) is 0 Å². The van der Waals surface area contributed by atoms with Crippen molar-refractivity contribution in [2.75, 3.05) is 20.1 Å². The van der Waals surface area contributed by atoms with Gasteiger partial charge in [-0.05, 0) is 56.6 Å². The Labute approximate surface area is 161 Å². The fourth-order valence-corrected chi connectivity index (χ4v) is 3.71. The van der Waals surface area contributed by atoms with Crippen LogP contribution >= 0.6 is 0 Å². The highest BCUT2D eigenvalue weighted by atomic mass is 16.2. The third-order valence-corrected chi connectivity index (χ3v) is 5.30. The number of amides is 2. The summed E-state index contributed by atoms with van der Waals surface area (Å²) in [5.41, 5.74) is 2.04. The second-order valence-electron chi connectivity index (χ2n) is 7.36. The fraction of sp³-hybridized carbons (Fsp3) is 0.524. The largest absolute Gasteiger partial charge is 0.338 e. The SMILES string of the molecule is CN(CCCNC(=O)NCc1cccc(-n2cccn2)c1)C1CCCCC1. The van der Waals surface area contributed by atoms with Crippen molar-refractivity contribution < 1.29 is 4.79 Å². The summed E-state index contributed by atoms with van der Waals surface area (Å²) in [6.45, 7) is 2.25. The van der Waals surface area contributed by atoms with Gasteiger partial charge in [-0.25, -0.2) is 9.48 Å². The van der Waals surface area contributed by atoms with Gasteiger partial charge in [-0.3, -0.25) is 0 Å². The molecule has 0 saturated heterocycles. The topological polar surface area (TPSA) is 62.2 Å². The fourth-order valence-electron chi connectivity index (χ4n) is 3.71. The molecule has 0 spiro atoms. The van der Waals surface area contributed by atoms with Crippen LogP contribution in [0.1, 0.15) is 44.1 Å². The van der Waals surface area contributed by atoms with E-state index in [2.05, 4.69) is 27.7 Å². The van der Waals surface area contributed by atoms with Gasteiger partial charge in [0.2, 0.25) is 0 Å². The predicted octanol–water partition coefficient (Wildman–Crippen LogP) is 3.33. The molecule has 2 amide bonds. The van der Waals surface area contributed by atoms with Crippen LogP contribution in [0.25, 0.3) is 5.69 Å². The third-order valence-electron chi connectivity index (χ3n) is 5.30. The van der Waals surface area contributed by atoms with E-state index in [0.29, 0.717) is 13.1 Å². The molecule has 2 N–H and O–H groups in total. The molecule has 6 nitrogen and oxygen atoms in total. The molecular formula is C21H31N5O. The zero-order valence-electron chi connectivity index (χ0n) is 16.2. The minimum absolute atomic E-state index is 0.111. The Morgan fingerprint density at radius 1 is 1.22 bits per heavy atom. The van der Waals surface area contributed by atoms with E-state index in [1.54, 1.807) is 6.20 Å². The van der Waals surface area contributed by atoms with Crippen LogP contribution in [0.4, 0.5) is 4.79 Å². The molecule has 3 rings (SSSR count). The molecule has 0 bridgehead atoms. The van der Waals surface area contributed by atoms with Crippen LogP contribution in [-0.4, -0.2) is 46.9 Å². The molecule has 0 radical (unpaired) electrons. The molecule has 1 fully saturated rings. The molecule has 1 aliphatic carbocycles. The van der Waals surface area contributed by atoms with E-state index < -0.39 is 0 Å². The number of aromatic nitrogens is 2. The van der Waals surface area contributed by atoms with Crippen molar-refractivity contribution in [1.82, 2.24) is 25.3 Å². The minimum atomic E-state index is -0.111. The molecule has 0 atom stereocenters. The van der Waals surface area contributed by atoms with Crippen LogP contribution in [0.5, 0.6) is 0 Å². The van der Waals surface area contributed by atoms with E-state index in [9.17, 15) is 4.79 Å². The molecule has 1 heterocycles. The number of rotatable bonds is 8.